The number of ether oxygens (including phenoxy) is 29. The number of phenols is 6. The van der Waals surface area contributed by atoms with E-state index in [9.17, 15) is 54.6 Å². The fraction of sp³-hybridized carbons (Fsp3) is 0.271. The number of esters is 9. The van der Waals surface area contributed by atoms with Crippen molar-refractivity contribution in [3.05, 3.63) is 183 Å². The maximum Gasteiger partial charge on any atom is 0.343 e. The first-order chi connectivity index (χ1) is 67.6. The molecule has 10 aromatic rings. The summed E-state index contributed by atoms with van der Waals surface area (Å²) in [6.07, 6.45) is -14.5. The van der Waals surface area contributed by atoms with Crippen LogP contribution in [0.15, 0.2) is 121 Å². The molecule has 1 aliphatic rings. The van der Waals surface area contributed by atoms with Crippen LogP contribution in [0.5, 0.6) is 167 Å². The molecule has 5 atom stereocenters. The van der Waals surface area contributed by atoms with Gasteiger partial charge in [0.15, 0.2) is 133 Å². The number of carbonyl (C=O) groups excluding carboxylic acids is 10. The van der Waals surface area contributed by atoms with E-state index in [1.165, 1.54) is 155 Å². The number of carbonyl (C=O) groups is 10. The zero-order valence-corrected chi connectivity index (χ0v) is 78.5. The molecule has 746 valence electrons. The third-order valence-electron chi connectivity index (χ3n) is 21.0. The van der Waals surface area contributed by atoms with Crippen LogP contribution < -0.4 is 109 Å². The monoisotopic (exact) mass is 1960 g/mol. The molecule has 6 N–H and O–H groups in total. The van der Waals surface area contributed by atoms with Gasteiger partial charge in [-0.2, -0.15) is 0 Å². The van der Waals surface area contributed by atoms with E-state index < -0.39 is 212 Å². The Morgan fingerprint density at radius 3 is 0.766 bits per heavy atom. The molecule has 141 heavy (non-hydrogen) atoms. The number of rotatable bonds is 41. The standard InChI is InChI=1S/C96H92O45/c1-113-60-27-42(28-61(114-2)79(60)127-15)53(97)21-43-20-44(23-55(99)75(43)123-11)92(109)138-84-73(41-132-87(104)45-24-56(100)76(124-12)70(38-45)134-89(106)50-32-64(117-5)81(129-17)65(33-50)118-6)137-96(141-95(112)48-26-58(102)78(126-14)72(40-48)136-91(108)52-36-68(121-9)83(131-19)69(37-52)122-10)86(140-94(111)47-25-57(101)77(125-13)71(39-47)135-90(107)51-34-66(119-7)82(130-18)67(35-51)120-8)85(84)139-93(110)46-22-54(98)74(103)59(29-46)133-88(105)49-30-62(115-3)80(128-16)63(31-49)116-4/h20,22-40,73,84-86,96,98-103H,21,41H2,1-19H3/t73-,84-,85+,86-,96+/m1/s1. The minimum Gasteiger partial charge on any atom is -0.504 e. The summed E-state index contributed by atoms with van der Waals surface area (Å²) in [5, 5.41) is 70.3. The maximum absolute atomic E-state index is 15.9. The predicted octanol–water partition coefficient (Wildman–Crippen LogP) is 10.8. The number of benzene rings is 10. The van der Waals surface area contributed by atoms with Crippen LogP contribution in [-0.2, 0) is 34.8 Å². The fourth-order valence-corrected chi connectivity index (χ4v) is 14.4. The van der Waals surface area contributed by atoms with Crippen molar-refractivity contribution in [1.82, 2.24) is 0 Å². The van der Waals surface area contributed by atoms with Crippen molar-refractivity contribution in [2.45, 2.75) is 37.1 Å². The summed E-state index contributed by atoms with van der Waals surface area (Å²) in [6.45, 7) is -1.45. The lowest BCUT2D eigenvalue weighted by molar-refractivity contribution is -0.282. The molecular formula is C96H92O45. The Morgan fingerprint density at radius 2 is 0.461 bits per heavy atom. The van der Waals surface area contributed by atoms with Gasteiger partial charge in [0.05, 0.1) is 185 Å². The molecule has 11 rings (SSSR count). The average Bonchev–Trinajstić information content (AvgIpc) is 0.759. The summed E-state index contributed by atoms with van der Waals surface area (Å²) in [6, 6.07) is 19.2. The van der Waals surface area contributed by atoms with E-state index in [1.807, 2.05) is 0 Å². The van der Waals surface area contributed by atoms with Crippen LogP contribution in [-0.4, -0.2) is 263 Å². The SMILES string of the molecule is COc1cc(C(=O)Cc2cc(C(=O)O[C@H]3[C@H](OC(=O)c4cc(O)c(O)c(OC(=O)c5cc(OC)c(OC)c(OC)c5)c4)[C@@H](OC(=O)c4cc(O)c(OC)c(OC(=O)c5cc(OC)c(OC)c(OC)c5)c4)[C@H](OC(=O)c4cc(O)c(OC)c(OC(=O)c5cc(OC)c(OC)c(OC)c5)c4)O[C@@H]3COC(=O)c3cc(O)c(OC)c(OC(=O)c4cc(OC)c(OC)c(OC)c4)c3)cc(O)c2OC)cc(OC)c1OC. The first-order valence-electron chi connectivity index (χ1n) is 40.9. The van der Waals surface area contributed by atoms with Crippen molar-refractivity contribution < 1.29 is 216 Å². The summed E-state index contributed by atoms with van der Waals surface area (Å²) in [4.78, 5) is 150. The van der Waals surface area contributed by atoms with Gasteiger partial charge in [0.1, 0.15) is 12.7 Å². The largest absolute Gasteiger partial charge is 0.504 e. The number of hydrogen-bond acceptors (Lipinski definition) is 45. The molecule has 1 heterocycles. The van der Waals surface area contributed by atoms with Crippen LogP contribution in [0.2, 0.25) is 0 Å². The Kier molecular flexibility index (Phi) is 33.5. The van der Waals surface area contributed by atoms with Crippen molar-refractivity contribution >= 4 is 59.5 Å². The summed E-state index contributed by atoms with van der Waals surface area (Å²) in [7, 11) is 23.0. The lowest BCUT2D eigenvalue weighted by Gasteiger charge is -2.44. The van der Waals surface area contributed by atoms with Gasteiger partial charge in [-0.25, -0.2) is 43.2 Å². The lowest BCUT2D eigenvalue weighted by atomic mass is 9.97. The smallest absolute Gasteiger partial charge is 0.343 e. The van der Waals surface area contributed by atoms with Gasteiger partial charge in [0.25, 0.3) is 0 Å². The van der Waals surface area contributed by atoms with E-state index in [0.717, 1.165) is 77.0 Å². The first kappa shape index (κ1) is 104. The number of Topliss-reactive ketones (excluding diaryl/α,β-unsaturated/α-hetero) is 1. The predicted molar refractivity (Wildman–Crippen MR) is 479 cm³/mol. The van der Waals surface area contributed by atoms with Gasteiger partial charge in [0.2, 0.25) is 64.1 Å². The normalized spacial score (nSPS) is 13.9. The third-order valence-corrected chi connectivity index (χ3v) is 21.0. The van der Waals surface area contributed by atoms with Crippen LogP contribution >= 0.6 is 0 Å². The minimum atomic E-state index is -2.86. The number of phenolic OH excluding ortho intramolecular Hbond substituents is 6. The van der Waals surface area contributed by atoms with E-state index in [2.05, 4.69) is 0 Å². The van der Waals surface area contributed by atoms with Crippen molar-refractivity contribution in [2.24, 2.45) is 0 Å². The van der Waals surface area contributed by atoms with Crippen molar-refractivity contribution in [2.75, 3.05) is 142 Å². The number of hydrogen-bond donors (Lipinski definition) is 6. The van der Waals surface area contributed by atoms with Gasteiger partial charge in [-0.1, -0.05) is 0 Å². The van der Waals surface area contributed by atoms with Gasteiger partial charge in [-0.05, 0) is 121 Å². The minimum absolute atomic E-state index is 0.00184. The van der Waals surface area contributed by atoms with Crippen molar-refractivity contribution in [1.29, 1.82) is 0 Å². The summed E-state index contributed by atoms with van der Waals surface area (Å²) in [5.74, 6) is -26.4. The van der Waals surface area contributed by atoms with Crippen LogP contribution in [0.3, 0.4) is 0 Å². The molecule has 0 spiro atoms. The Labute approximate surface area is 800 Å². The second-order valence-electron chi connectivity index (χ2n) is 29.0. The van der Waals surface area contributed by atoms with E-state index in [-0.39, 0.29) is 120 Å². The lowest BCUT2D eigenvalue weighted by Crippen LogP contribution is -2.63. The molecule has 1 saturated heterocycles. The summed E-state index contributed by atoms with van der Waals surface area (Å²) < 4.78 is 164. The Balaban J connectivity index is 1.13. The van der Waals surface area contributed by atoms with Crippen molar-refractivity contribution in [3.63, 3.8) is 0 Å². The average molecular weight is 1970 g/mol. The van der Waals surface area contributed by atoms with Gasteiger partial charge in [-0.3, -0.25) is 4.79 Å². The van der Waals surface area contributed by atoms with Crippen LogP contribution in [0, 0.1) is 0 Å². The second kappa shape index (κ2) is 45.6. The zero-order chi connectivity index (χ0) is 103. The van der Waals surface area contributed by atoms with E-state index >= 15 is 24.0 Å². The quantitative estimate of drug-likeness (QED) is 0.00681. The molecule has 45 nitrogen and oxygen atoms in total. The molecule has 45 heteroatoms. The topological polar surface area (TPSA) is 560 Å². The maximum atomic E-state index is 15.9. The van der Waals surface area contributed by atoms with Gasteiger partial charge in [0, 0.05) is 17.5 Å². The summed E-state index contributed by atoms with van der Waals surface area (Å²) >= 11 is 0. The highest BCUT2D eigenvalue weighted by Gasteiger charge is 2.55. The van der Waals surface area contributed by atoms with E-state index in [0.29, 0.717) is 24.3 Å². The van der Waals surface area contributed by atoms with Crippen LogP contribution in [0.1, 0.15) is 109 Å². The van der Waals surface area contributed by atoms with Gasteiger partial charge in [-0.15, -0.1) is 0 Å². The Bertz CT molecular complexity index is 6350. The molecular weight excluding hydrogens is 1870 g/mol. The Morgan fingerprint density at radius 1 is 0.227 bits per heavy atom. The second-order valence-corrected chi connectivity index (χ2v) is 29.0. The first-order valence-corrected chi connectivity index (χ1v) is 40.9. The highest BCUT2D eigenvalue weighted by Crippen LogP contribution is 2.50. The molecule has 0 unspecified atom stereocenters. The molecule has 0 aromatic heterocycles. The molecule has 0 saturated carbocycles. The molecule has 0 aliphatic carbocycles. The molecule has 1 fully saturated rings. The zero-order valence-electron chi connectivity index (χ0n) is 78.5. The number of aromatic hydroxyl groups is 6. The third kappa shape index (κ3) is 22.3. The van der Waals surface area contributed by atoms with E-state index in [1.54, 1.807) is 0 Å². The highest BCUT2D eigenvalue weighted by atomic mass is 16.8. The van der Waals surface area contributed by atoms with Crippen LogP contribution in [0.4, 0.5) is 0 Å². The number of methoxy groups -OCH3 is 19. The fourth-order valence-electron chi connectivity index (χ4n) is 14.4. The Hall–Kier alpha value is -17.9. The van der Waals surface area contributed by atoms with Gasteiger partial charge >= 0.3 is 53.7 Å². The molecule has 0 amide bonds. The summed E-state index contributed by atoms with van der Waals surface area (Å²) in [5.41, 5.74) is -5.85. The number of ketones is 1. The molecule has 10 aromatic carbocycles. The molecule has 0 bridgehead atoms. The van der Waals surface area contributed by atoms with Crippen LogP contribution in [0.25, 0.3) is 0 Å². The van der Waals surface area contributed by atoms with Gasteiger partial charge < -0.3 is 168 Å². The highest BCUT2D eigenvalue weighted by molar-refractivity contribution is 6.02. The van der Waals surface area contributed by atoms with E-state index in [4.69, 9.17) is 137 Å². The molecule has 1 aliphatic heterocycles. The molecule has 0 radical (unpaired) electrons. The van der Waals surface area contributed by atoms with Crippen molar-refractivity contribution in [3.8, 4) is 167 Å².